The normalized spacial score (nSPS) is 25.4. The highest BCUT2D eigenvalue weighted by atomic mass is 16.7. The van der Waals surface area contributed by atoms with Crippen LogP contribution in [0.5, 0.6) is 11.5 Å². The van der Waals surface area contributed by atoms with Crippen LogP contribution in [0.15, 0.2) is 18.2 Å². The van der Waals surface area contributed by atoms with Crippen molar-refractivity contribution in [3.05, 3.63) is 18.2 Å². The van der Waals surface area contributed by atoms with Gasteiger partial charge in [-0.25, -0.2) is 4.90 Å². The van der Waals surface area contributed by atoms with Crippen molar-refractivity contribution in [2.45, 2.75) is 31.1 Å². The number of likely N-dealkylation sites (tertiary alicyclic amines) is 1. The van der Waals surface area contributed by atoms with Gasteiger partial charge in [0.05, 0.1) is 45.6 Å². The predicted molar refractivity (Wildman–Crippen MR) is 95.9 cm³/mol. The zero-order valence-electron chi connectivity index (χ0n) is 15.6. The van der Waals surface area contributed by atoms with Crippen LogP contribution in [-0.4, -0.2) is 69.1 Å². The maximum Gasteiger partial charge on any atom is 0.251 e. The van der Waals surface area contributed by atoms with Crippen molar-refractivity contribution in [2.24, 2.45) is 0 Å². The van der Waals surface area contributed by atoms with E-state index in [4.69, 9.17) is 18.9 Å². The van der Waals surface area contributed by atoms with Crippen LogP contribution < -0.4 is 14.4 Å². The van der Waals surface area contributed by atoms with Gasteiger partial charge in [-0.1, -0.05) is 0 Å². The Morgan fingerprint density at radius 1 is 1.04 bits per heavy atom. The molecular weight excluding hydrogens is 352 g/mol. The Bertz CT molecular complexity index is 736. The maximum atomic E-state index is 13.0. The van der Waals surface area contributed by atoms with Crippen LogP contribution in [0.4, 0.5) is 5.69 Å². The van der Waals surface area contributed by atoms with E-state index >= 15 is 0 Å². The minimum atomic E-state index is -0.495. The van der Waals surface area contributed by atoms with E-state index in [-0.39, 0.29) is 18.2 Å². The molecule has 1 aromatic carbocycles. The second kappa shape index (κ2) is 7.10. The summed E-state index contributed by atoms with van der Waals surface area (Å²) in [5.41, 5.74) is 0.501. The summed E-state index contributed by atoms with van der Waals surface area (Å²) < 4.78 is 22.0. The molecular formula is C19H24N2O6. The average Bonchev–Trinajstić information content (AvgIpc) is 3.26. The summed E-state index contributed by atoms with van der Waals surface area (Å²) in [6.07, 6.45) is 1.60. The Kier molecular flexibility index (Phi) is 4.79. The Labute approximate surface area is 157 Å². The third kappa shape index (κ3) is 3.18. The number of ether oxygens (including phenoxy) is 4. The van der Waals surface area contributed by atoms with E-state index in [1.807, 2.05) is 0 Å². The van der Waals surface area contributed by atoms with Gasteiger partial charge >= 0.3 is 0 Å². The molecule has 0 saturated carbocycles. The molecule has 0 unspecified atom stereocenters. The first-order chi connectivity index (χ1) is 13.1. The lowest BCUT2D eigenvalue weighted by molar-refractivity contribution is -0.188. The number of anilines is 1. The largest absolute Gasteiger partial charge is 0.493 e. The van der Waals surface area contributed by atoms with Gasteiger partial charge in [0.25, 0.3) is 5.91 Å². The van der Waals surface area contributed by atoms with E-state index in [0.717, 1.165) is 0 Å². The van der Waals surface area contributed by atoms with Gasteiger partial charge in [0, 0.05) is 32.0 Å². The first-order valence-corrected chi connectivity index (χ1v) is 9.18. The molecule has 1 aromatic rings. The number of methoxy groups -OCH3 is 2. The zero-order chi connectivity index (χ0) is 19.0. The summed E-state index contributed by atoms with van der Waals surface area (Å²) in [6.45, 7) is 2.58. The van der Waals surface area contributed by atoms with Crippen LogP contribution in [-0.2, 0) is 19.1 Å². The summed E-state index contributed by atoms with van der Waals surface area (Å²) in [5, 5.41) is 0. The first kappa shape index (κ1) is 18.2. The number of carbonyl (C=O) groups is 2. The van der Waals surface area contributed by atoms with Gasteiger partial charge in [0.2, 0.25) is 5.91 Å². The molecule has 1 spiro atoms. The molecule has 1 atom stereocenters. The summed E-state index contributed by atoms with van der Waals surface area (Å²) >= 11 is 0. The lowest BCUT2D eigenvalue weighted by Gasteiger charge is -2.39. The molecule has 3 fully saturated rings. The summed E-state index contributed by atoms with van der Waals surface area (Å²) in [4.78, 5) is 28.9. The van der Waals surface area contributed by atoms with Crippen LogP contribution in [0.2, 0.25) is 0 Å². The van der Waals surface area contributed by atoms with Crippen molar-refractivity contribution in [3.63, 3.8) is 0 Å². The highest BCUT2D eigenvalue weighted by Gasteiger charge is 2.47. The Hall–Kier alpha value is -2.16. The van der Waals surface area contributed by atoms with Crippen molar-refractivity contribution in [1.29, 1.82) is 0 Å². The van der Waals surface area contributed by atoms with Crippen molar-refractivity contribution in [2.75, 3.05) is 45.4 Å². The van der Waals surface area contributed by atoms with Crippen LogP contribution in [0.3, 0.4) is 0 Å². The molecule has 3 aliphatic rings. The van der Waals surface area contributed by atoms with Gasteiger partial charge in [-0.3, -0.25) is 14.5 Å². The fraction of sp³-hybridized carbons (Fsp3) is 0.579. The molecule has 146 valence electrons. The monoisotopic (exact) mass is 376 g/mol. The van der Waals surface area contributed by atoms with E-state index in [9.17, 15) is 9.59 Å². The molecule has 0 aliphatic carbocycles. The lowest BCUT2D eigenvalue weighted by atomic mass is 10.0. The Morgan fingerprint density at radius 3 is 2.33 bits per heavy atom. The average molecular weight is 376 g/mol. The van der Waals surface area contributed by atoms with Crippen molar-refractivity contribution in [1.82, 2.24) is 4.90 Å². The van der Waals surface area contributed by atoms with E-state index in [0.29, 0.717) is 56.3 Å². The maximum absolute atomic E-state index is 13.0. The molecule has 0 radical (unpaired) electrons. The number of imide groups is 1. The molecule has 2 amide bonds. The number of carbonyl (C=O) groups excluding carboxylic acids is 2. The van der Waals surface area contributed by atoms with E-state index < -0.39 is 11.8 Å². The minimum Gasteiger partial charge on any atom is -0.493 e. The number of piperidine rings is 1. The number of benzene rings is 1. The molecule has 0 bridgehead atoms. The quantitative estimate of drug-likeness (QED) is 0.730. The highest BCUT2D eigenvalue weighted by Crippen LogP contribution is 2.36. The smallest absolute Gasteiger partial charge is 0.251 e. The molecule has 27 heavy (non-hydrogen) atoms. The standard InChI is InChI=1S/C19H24N2O6/c1-24-15-4-3-13(11-16(15)25-2)21-17(22)12-14(18(21)23)20-7-5-19(6-8-20)26-9-10-27-19/h3-4,11,14H,5-10,12H2,1-2H3/t14-/m1/s1. The molecule has 0 aromatic heterocycles. The van der Waals surface area contributed by atoms with Crippen molar-refractivity contribution < 1.29 is 28.5 Å². The van der Waals surface area contributed by atoms with E-state index in [1.54, 1.807) is 25.3 Å². The number of hydrogen-bond acceptors (Lipinski definition) is 7. The van der Waals surface area contributed by atoms with Crippen LogP contribution in [0.25, 0.3) is 0 Å². The van der Waals surface area contributed by atoms with Crippen LogP contribution in [0, 0.1) is 0 Å². The minimum absolute atomic E-state index is 0.182. The third-order valence-corrected chi connectivity index (χ3v) is 5.56. The number of rotatable bonds is 4. The summed E-state index contributed by atoms with van der Waals surface area (Å²) in [5.74, 6) is 0.136. The van der Waals surface area contributed by atoms with Crippen molar-refractivity contribution >= 4 is 17.5 Å². The number of nitrogens with zero attached hydrogens (tertiary/aromatic N) is 2. The lowest BCUT2D eigenvalue weighted by Crippen LogP contribution is -2.51. The fourth-order valence-corrected chi connectivity index (χ4v) is 4.10. The Balaban J connectivity index is 1.49. The predicted octanol–water partition coefficient (Wildman–Crippen LogP) is 1.17. The molecule has 3 heterocycles. The zero-order valence-corrected chi connectivity index (χ0v) is 15.6. The van der Waals surface area contributed by atoms with Gasteiger partial charge in [0.15, 0.2) is 17.3 Å². The SMILES string of the molecule is COc1ccc(N2C(=O)C[C@@H](N3CCC4(CC3)OCCO4)C2=O)cc1OC. The number of hydrogen-bond donors (Lipinski definition) is 0. The van der Waals surface area contributed by atoms with Crippen LogP contribution >= 0.6 is 0 Å². The van der Waals surface area contributed by atoms with Gasteiger partial charge in [-0.15, -0.1) is 0 Å². The van der Waals surface area contributed by atoms with Gasteiger partial charge in [0.1, 0.15) is 0 Å². The molecule has 3 aliphatic heterocycles. The van der Waals surface area contributed by atoms with Gasteiger partial charge < -0.3 is 18.9 Å². The molecule has 4 rings (SSSR count). The topological polar surface area (TPSA) is 77.5 Å². The summed E-state index contributed by atoms with van der Waals surface area (Å²) in [6, 6.07) is 4.61. The van der Waals surface area contributed by atoms with E-state index in [2.05, 4.69) is 4.90 Å². The van der Waals surface area contributed by atoms with Crippen molar-refractivity contribution in [3.8, 4) is 11.5 Å². The molecule has 3 saturated heterocycles. The molecule has 8 nitrogen and oxygen atoms in total. The summed E-state index contributed by atoms with van der Waals surface area (Å²) in [7, 11) is 3.06. The first-order valence-electron chi connectivity index (χ1n) is 9.18. The fourth-order valence-electron chi connectivity index (χ4n) is 4.10. The molecule has 8 heteroatoms. The second-order valence-electron chi connectivity index (χ2n) is 6.97. The third-order valence-electron chi connectivity index (χ3n) is 5.56. The number of amides is 2. The Morgan fingerprint density at radius 2 is 1.70 bits per heavy atom. The van der Waals surface area contributed by atoms with E-state index in [1.165, 1.54) is 12.0 Å². The van der Waals surface area contributed by atoms with Gasteiger partial charge in [-0.2, -0.15) is 0 Å². The van der Waals surface area contributed by atoms with Gasteiger partial charge in [-0.05, 0) is 12.1 Å². The van der Waals surface area contributed by atoms with Crippen LogP contribution in [0.1, 0.15) is 19.3 Å². The second-order valence-corrected chi connectivity index (χ2v) is 6.97. The molecule has 0 N–H and O–H groups in total. The highest BCUT2D eigenvalue weighted by molar-refractivity contribution is 6.22.